The molecule has 1 saturated heterocycles. The van der Waals surface area contributed by atoms with Crippen LogP contribution >= 0.6 is 0 Å². The number of methoxy groups -OCH3 is 1. The fourth-order valence-electron chi connectivity index (χ4n) is 2.73. The first-order valence-corrected chi connectivity index (χ1v) is 8.11. The molecular weight excluding hydrogens is 294 g/mol. The second-order valence-corrected chi connectivity index (χ2v) is 6.14. The lowest BCUT2D eigenvalue weighted by Gasteiger charge is -2.34. The number of ether oxygens (including phenoxy) is 1. The number of hydrogen-bond donors (Lipinski definition) is 1. The van der Waals surface area contributed by atoms with Crippen molar-refractivity contribution >= 4 is 11.8 Å². The first-order valence-electron chi connectivity index (χ1n) is 8.11. The zero-order valence-corrected chi connectivity index (χ0v) is 13.5. The van der Waals surface area contributed by atoms with Gasteiger partial charge in [0.05, 0.1) is 13.7 Å². The highest BCUT2D eigenvalue weighted by Gasteiger charge is 2.26. The maximum absolute atomic E-state index is 12.5. The van der Waals surface area contributed by atoms with E-state index in [0.717, 1.165) is 31.7 Å². The molecule has 1 aromatic carbocycles. The minimum atomic E-state index is 0.0368. The summed E-state index contributed by atoms with van der Waals surface area (Å²) in [6.45, 7) is 3.21. The fourth-order valence-corrected chi connectivity index (χ4v) is 2.73. The highest BCUT2D eigenvalue weighted by Crippen LogP contribution is 2.18. The SMILES string of the molecule is COc1ccc(C(=O)N2CCN(CC(=O)NC3CC3)CC2)cc1. The van der Waals surface area contributed by atoms with Gasteiger partial charge in [0.15, 0.2) is 0 Å². The molecule has 6 heteroatoms. The highest BCUT2D eigenvalue weighted by molar-refractivity contribution is 5.94. The van der Waals surface area contributed by atoms with Gasteiger partial charge < -0.3 is 15.0 Å². The summed E-state index contributed by atoms with van der Waals surface area (Å²) < 4.78 is 5.11. The average molecular weight is 317 g/mol. The largest absolute Gasteiger partial charge is 0.497 e. The Bertz CT molecular complexity index is 561. The Labute approximate surface area is 136 Å². The van der Waals surface area contributed by atoms with Crippen LogP contribution in [0.3, 0.4) is 0 Å². The van der Waals surface area contributed by atoms with Gasteiger partial charge in [0.25, 0.3) is 5.91 Å². The standard InChI is InChI=1S/C17H23N3O3/c1-23-15-6-2-13(3-7-15)17(22)20-10-8-19(9-11-20)12-16(21)18-14-4-5-14/h2-3,6-7,14H,4-5,8-12H2,1H3,(H,18,21). The number of nitrogens with one attached hydrogen (secondary N) is 1. The Hall–Kier alpha value is -2.08. The predicted octanol–water partition coefficient (Wildman–Crippen LogP) is 0.732. The van der Waals surface area contributed by atoms with Gasteiger partial charge in [-0.1, -0.05) is 0 Å². The van der Waals surface area contributed by atoms with E-state index in [1.807, 2.05) is 4.90 Å². The molecule has 0 bridgehead atoms. The quantitative estimate of drug-likeness (QED) is 0.870. The van der Waals surface area contributed by atoms with Crippen LogP contribution in [0.2, 0.25) is 0 Å². The number of nitrogens with zero attached hydrogens (tertiary/aromatic N) is 2. The van der Waals surface area contributed by atoms with Crippen LogP contribution in [-0.2, 0) is 4.79 Å². The van der Waals surface area contributed by atoms with Gasteiger partial charge in [-0.05, 0) is 37.1 Å². The van der Waals surface area contributed by atoms with Crippen LogP contribution in [0, 0.1) is 0 Å². The summed E-state index contributed by atoms with van der Waals surface area (Å²) in [6, 6.07) is 7.57. The zero-order valence-electron chi connectivity index (χ0n) is 13.5. The monoisotopic (exact) mass is 317 g/mol. The summed E-state index contributed by atoms with van der Waals surface area (Å²) in [7, 11) is 1.61. The maximum atomic E-state index is 12.5. The summed E-state index contributed by atoms with van der Waals surface area (Å²) in [6.07, 6.45) is 2.21. The predicted molar refractivity (Wildman–Crippen MR) is 86.5 cm³/mol. The molecule has 0 radical (unpaired) electrons. The van der Waals surface area contributed by atoms with Crippen molar-refractivity contribution < 1.29 is 14.3 Å². The number of amides is 2. The molecule has 1 heterocycles. The normalized spacial score (nSPS) is 18.6. The lowest BCUT2D eigenvalue weighted by Crippen LogP contribution is -2.51. The van der Waals surface area contributed by atoms with E-state index in [1.54, 1.807) is 31.4 Å². The third-order valence-electron chi connectivity index (χ3n) is 4.31. The van der Waals surface area contributed by atoms with Crippen molar-refractivity contribution in [2.24, 2.45) is 0 Å². The number of carbonyl (C=O) groups excluding carboxylic acids is 2. The van der Waals surface area contributed by atoms with Crippen LogP contribution in [0.25, 0.3) is 0 Å². The smallest absolute Gasteiger partial charge is 0.253 e. The van der Waals surface area contributed by atoms with Crippen molar-refractivity contribution in [1.29, 1.82) is 0 Å². The number of benzene rings is 1. The molecule has 1 aromatic rings. The van der Waals surface area contributed by atoms with Crippen LogP contribution in [0.4, 0.5) is 0 Å². The molecule has 0 spiro atoms. The van der Waals surface area contributed by atoms with Crippen LogP contribution in [0.15, 0.2) is 24.3 Å². The summed E-state index contributed by atoms with van der Waals surface area (Å²) in [5.74, 6) is 0.880. The number of piperazine rings is 1. The van der Waals surface area contributed by atoms with E-state index in [9.17, 15) is 9.59 Å². The molecule has 3 rings (SSSR count). The maximum Gasteiger partial charge on any atom is 0.253 e. The second-order valence-electron chi connectivity index (χ2n) is 6.14. The van der Waals surface area contributed by atoms with Gasteiger partial charge in [0, 0.05) is 37.8 Å². The Balaban J connectivity index is 1.47. The highest BCUT2D eigenvalue weighted by atomic mass is 16.5. The van der Waals surface area contributed by atoms with Crippen molar-refractivity contribution in [1.82, 2.24) is 15.1 Å². The average Bonchev–Trinajstić information content (AvgIpc) is 3.39. The Morgan fingerprint density at radius 1 is 1.13 bits per heavy atom. The number of rotatable bonds is 5. The van der Waals surface area contributed by atoms with Gasteiger partial charge in [0.1, 0.15) is 5.75 Å². The summed E-state index contributed by atoms with van der Waals surface area (Å²) in [5.41, 5.74) is 0.672. The van der Waals surface area contributed by atoms with E-state index in [0.29, 0.717) is 31.2 Å². The van der Waals surface area contributed by atoms with Crippen molar-refractivity contribution in [2.75, 3.05) is 39.8 Å². The molecule has 2 fully saturated rings. The molecule has 2 aliphatic rings. The van der Waals surface area contributed by atoms with Gasteiger partial charge in [-0.15, -0.1) is 0 Å². The minimum absolute atomic E-state index is 0.0368. The Morgan fingerprint density at radius 3 is 2.35 bits per heavy atom. The second kappa shape index (κ2) is 7.00. The van der Waals surface area contributed by atoms with Gasteiger partial charge in [-0.3, -0.25) is 14.5 Å². The first-order chi connectivity index (χ1) is 11.2. The van der Waals surface area contributed by atoms with Crippen molar-refractivity contribution in [3.8, 4) is 5.75 Å². The molecule has 124 valence electrons. The first kappa shape index (κ1) is 15.8. The molecule has 1 aliphatic heterocycles. The molecular formula is C17H23N3O3. The molecule has 6 nitrogen and oxygen atoms in total. The van der Waals surface area contributed by atoms with Crippen LogP contribution in [0.1, 0.15) is 23.2 Å². The Kier molecular flexibility index (Phi) is 4.81. The van der Waals surface area contributed by atoms with Gasteiger partial charge in [0.2, 0.25) is 5.91 Å². The summed E-state index contributed by atoms with van der Waals surface area (Å²) in [5, 5.41) is 3.00. The number of carbonyl (C=O) groups is 2. The zero-order chi connectivity index (χ0) is 16.2. The molecule has 1 saturated carbocycles. The van der Waals surface area contributed by atoms with Crippen molar-refractivity contribution in [3.05, 3.63) is 29.8 Å². The third kappa shape index (κ3) is 4.22. The van der Waals surface area contributed by atoms with Crippen LogP contribution in [0.5, 0.6) is 5.75 Å². The van der Waals surface area contributed by atoms with E-state index in [4.69, 9.17) is 4.74 Å². The van der Waals surface area contributed by atoms with E-state index >= 15 is 0 Å². The van der Waals surface area contributed by atoms with Gasteiger partial charge in [-0.2, -0.15) is 0 Å². The van der Waals surface area contributed by atoms with E-state index in [2.05, 4.69) is 10.2 Å². The molecule has 1 aliphatic carbocycles. The van der Waals surface area contributed by atoms with Crippen molar-refractivity contribution in [3.63, 3.8) is 0 Å². The van der Waals surface area contributed by atoms with Crippen LogP contribution < -0.4 is 10.1 Å². The molecule has 23 heavy (non-hydrogen) atoms. The molecule has 0 atom stereocenters. The van der Waals surface area contributed by atoms with Gasteiger partial charge in [-0.25, -0.2) is 0 Å². The summed E-state index contributed by atoms with van der Waals surface area (Å²) >= 11 is 0. The van der Waals surface area contributed by atoms with E-state index < -0.39 is 0 Å². The molecule has 1 N–H and O–H groups in total. The van der Waals surface area contributed by atoms with Crippen molar-refractivity contribution in [2.45, 2.75) is 18.9 Å². The van der Waals surface area contributed by atoms with E-state index in [1.165, 1.54) is 0 Å². The Morgan fingerprint density at radius 2 is 1.78 bits per heavy atom. The third-order valence-corrected chi connectivity index (χ3v) is 4.31. The molecule has 0 aromatic heterocycles. The summed E-state index contributed by atoms with van der Waals surface area (Å²) in [4.78, 5) is 28.2. The van der Waals surface area contributed by atoms with Crippen LogP contribution in [-0.4, -0.2) is 67.5 Å². The number of hydrogen-bond acceptors (Lipinski definition) is 4. The fraction of sp³-hybridized carbons (Fsp3) is 0.529. The lowest BCUT2D eigenvalue weighted by molar-refractivity contribution is -0.122. The minimum Gasteiger partial charge on any atom is -0.497 e. The van der Waals surface area contributed by atoms with E-state index in [-0.39, 0.29) is 11.8 Å². The topological polar surface area (TPSA) is 61.9 Å². The molecule has 0 unspecified atom stereocenters. The van der Waals surface area contributed by atoms with Gasteiger partial charge >= 0.3 is 0 Å². The lowest BCUT2D eigenvalue weighted by atomic mass is 10.1. The molecule has 2 amide bonds.